The van der Waals surface area contributed by atoms with Crippen molar-refractivity contribution in [1.29, 1.82) is 0 Å². The molecule has 0 aliphatic heterocycles. The van der Waals surface area contributed by atoms with E-state index < -0.39 is 10.0 Å². The highest BCUT2D eigenvalue weighted by Crippen LogP contribution is 2.28. The first-order chi connectivity index (χ1) is 14.3. The highest BCUT2D eigenvalue weighted by atomic mass is 79.9. The number of sulfonamides is 1. The lowest BCUT2D eigenvalue weighted by Crippen LogP contribution is -2.47. The standard InChI is InChI=1S/C22H26Br2N2O3S/c1-16(17-7-9-18(23)10-8-17)25-22(27)15-26(20-5-3-2-4-6-20)30(28,29)21-13-11-19(24)12-14-21/h7-14,16,20H,2-6,15H2,1H3,(H,25,27). The highest BCUT2D eigenvalue weighted by molar-refractivity contribution is 9.10. The summed E-state index contributed by atoms with van der Waals surface area (Å²) in [7, 11) is -3.77. The second-order valence-corrected chi connectivity index (χ2v) is 11.4. The lowest BCUT2D eigenvalue weighted by atomic mass is 9.95. The fraction of sp³-hybridized carbons (Fsp3) is 0.409. The van der Waals surface area contributed by atoms with Gasteiger partial charge in [-0.2, -0.15) is 4.31 Å². The van der Waals surface area contributed by atoms with Gasteiger partial charge in [0, 0.05) is 15.0 Å². The van der Waals surface area contributed by atoms with Crippen molar-refractivity contribution in [3.05, 3.63) is 63.0 Å². The normalized spacial score (nSPS) is 16.4. The van der Waals surface area contributed by atoms with E-state index in [9.17, 15) is 13.2 Å². The molecule has 1 unspecified atom stereocenters. The molecule has 0 heterocycles. The summed E-state index contributed by atoms with van der Waals surface area (Å²) < 4.78 is 30.0. The topological polar surface area (TPSA) is 66.5 Å². The summed E-state index contributed by atoms with van der Waals surface area (Å²) in [6.07, 6.45) is 4.63. The summed E-state index contributed by atoms with van der Waals surface area (Å²) in [4.78, 5) is 13.1. The van der Waals surface area contributed by atoms with Crippen LogP contribution < -0.4 is 5.32 Å². The minimum Gasteiger partial charge on any atom is -0.348 e. The molecule has 0 radical (unpaired) electrons. The lowest BCUT2D eigenvalue weighted by Gasteiger charge is -2.33. The van der Waals surface area contributed by atoms with Crippen LogP contribution in [0.25, 0.3) is 0 Å². The molecule has 2 aromatic rings. The molecule has 1 aliphatic carbocycles. The Hall–Kier alpha value is -1.22. The molecule has 0 spiro atoms. The Labute approximate surface area is 195 Å². The first-order valence-corrected chi connectivity index (χ1v) is 13.1. The average molecular weight is 558 g/mol. The van der Waals surface area contributed by atoms with Crippen LogP contribution in [0.5, 0.6) is 0 Å². The minimum atomic E-state index is -3.77. The third-order valence-corrected chi connectivity index (χ3v) is 8.42. The summed E-state index contributed by atoms with van der Waals surface area (Å²) in [5.41, 5.74) is 0.964. The van der Waals surface area contributed by atoms with Crippen molar-refractivity contribution in [2.24, 2.45) is 0 Å². The van der Waals surface area contributed by atoms with Crippen molar-refractivity contribution >= 4 is 47.8 Å². The Morgan fingerprint density at radius 2 is 1.53 bits per heavy atom. The molecule has 3 rings (SSSR count). The second-order valence-electron chi connectivity index (χ2n) is 7.64. The maximum Gasteiger partial charge on any atom is 0.243 e. The van der Waals surface area contributed by atoms with Gasteiger partial charge in [0.2, 0.25) is 15.9 Å². The van der Waals surface area contributed by atoms with E-state index in [1.165, 1.54) is 4.31 Å². The van der Waals surface area contributed by atoms with Gasteiger partial charge in [-0.25, -0.2) is 8.42 Å². The van der Waals surface area contributed by atoms with Gasteiger partial charge in [-0.15, -0.1) is 0 Å². The van der Waals surface area contributed by atoms with E-state index in [0.717, 1.165) is 46.6 Å². The van der Waals surface area contributed by atoms with Crippen molar-refractivity contribution in [2.45, 2.75) is 56.0 Å². The molecule has 8 heteroatoms. The molecule has 30 heavy (non-hydrogen) atoms. The summed E-state index contributed by atoms with van der Waals surface area (Å²) in [5.74, 6) is -0.295. The van der Waals surface area contributed by atoms with Crippen molar-refractivity contribution in [1.82, 2.24) is 9.62 Å². The van der Waals surface area contributed by atoms with Gasteiger partial charge in [0.25, 0.3) is 0 Å². The highest BCUT2D eigenvalue weighted by Gasteiger charge is 2.34. The number of benzene rings is 2. The fourth-order valence-corrected chi connectivity index (χ4v) is 5.95. The second kappa shape index (κ2) is 10.4. The van der Waals surface area contributed by atoms with E-state index in [0.29, 0.717) is 0 Å². The molecule has 1 amide bonds. The van der Waals surface area contributed by atoms with Gasteiger partial charge in [-0.05, 0) is 61.7 Å². The molecule has 1 atom stereocenters. The van der Waals surface area contributed by atoms with E-state index in [2.05, 4.69) is 37.2 Å². The molecule has 1 fully saturated rings. The summed E-state index contributed by atoms with van der Waals surface area (Å²) >= 11 is 6.75. The predicted octanol–water partition coefficient (Wildman–Crippen LogP) is 5.41. The van der Waals surface area contributed by atoms with Crippen LogP contribution in [0.15, 0.2) is 62.4 Å². The Bertz CT molecular complexity index is 957. The maximum atomic E-state index is 13.4. The Kier molecular flexibility index (Phi) is 8.12. The molecule has 0 aromatic heterocycles. The van der Waals surface area contributed by atoms with Crippen LogP contribution in [0.2, 0.25) is 0 Å². The zero-order chi connectivity index (χ0) is 21.7. The van der Waals surface area contributed by atoms with E-state index in [1.807, 2.05) is 31.2 Å². The number of hydrogen-bond donors (Lipinski definition) is 1. The lowest BCUT2D eigenvalue weighted by molar-refractivity contribution is -0.122. The minimum absolute atomic E-state index is 0.152. The quantitative estimate of drug-likeness (QED) is 0.495. The molecular weight excluding hydrogens is 532 g/mol. The SMILES string of the molecule is CC(NC(=O)CN(C1CCCCC1)S(=O)(=O)c1ccc(Br)cc1)c1ccc(Br)cc1. The number of hydrogen-bond acceptors (Lipinski definition) is 3. The van der Waals surface area contributed by atoms with Crippen LogP contribution in [0.1, 0.15) is 50.6 Å². The monoisotopic (exact) mass is 556 g/mol. The van der Waals surface area contributed by atoms with Gasteiger partial charge in [-0.1, -0.05) is 63.3 Å². The van der Waals surface area contributed by atoms with Crippen LogP contribution in [-0.2, 0) is 14.8 Å². The number of halogens is 2. The van der Waals surface area contributed by atoms with E-state index >= 15 is 0 Å². The van der Waals surface area contributed by atoms with Crippen molar-refractivity contribution in [2.75, 3.05) is 6.54 Å². The number of carbonyl (C=O) groups is 1. The summed E-state index contributed by atoms with van der Waals surface area (Å²) in [5, 5.41) is 2.95. The molecule has 1 saturated carbocycles. The third-order valence-electron chi connectivity index (χ3n) is 5.45. The molecule has 1 aliphatic rings. The number of nitrogens with zero attached hydrogens (tertiary/aromatic N) is 1. The average Bonchev–Trinajstić information content (AvgIpc) is 2.73. The third kappa shape index (κ3) is 5.93. The number of rotatable bonds is 7. The largest absolute Gasteiger partial charge is 0.348 e. The predicted molar refractivity (Wildman–Crippen MR) is 126 cm³/mol. The van der Waals surface area contributed by atoms with E-state index in [4.69, 9.17) is 0 Å². The van der Waals surface area contributed by atoms with E-state index in [-0.39, 0.29) is 29.4 Å². The van der Waals surface area contributed by atoms with Crippen LogP contribution in [0.3, 0.4) is 0 Å². The Morgan fingerprint density at radius 1 is 1.00 bits per heavy atom. The number of nitrogens with one attached hydrogen (secondary N) is 1. The van der Waals surface area contributed by atoms with Crippen molar-refractivity contribution < 1.29 is 13.2 Å². The molecule has 0 saturated heterocycles. The zero-order valence-corrected chi connectivity index (χ0v) is 20.8. The molecule has 0 bridgehead atoms. The van der Waals surface area contributed by atoms with Gasteiger partial charge in [-0.3, -0.25) is 4.79 Å². The molecule has 5 nitrogen and oxygen atoms in total. The molecule has 2 aromatic carbocycles. The first kappa shape index (κ1) is 23.4. The molecule has 1 N–H and O–H groups in total. The number of amides is 1. The smallest absolute Gasteiger partial charge is 0.243 e. The Balaban J connectivity index is 1.79. The van der Waals surface area contributed by atoms with E-state index in [1.54, 1.807) is 24.3 Å². The zero-order valence-electron chi connectivity index (χ0n) is 16.9. The van der Waals surface area contributed by atoms with Crippen molar-refractivity contribution in [3.8, 4) is 0 Å². The maximum absolute atomic E-state index is 13.4. The van der Waals surface area contributed by atoms with Crippen LogP contribution in [-0.4, -0.2) is 31.2 Å². The Morgan fingerprint density at radius 3 is 2.10 bits per heavy atom. The number of carbonyl (C=O) groups excluding carboxylic acids is 1. The van der Waals surface area contributed by atoms with Crippen molar-refractivity contribution in [3.63, 3.8) is 0 Å². The van der Waals surface area contributed by atoms with Gasteiger partial charge in [0.05, 0.1) is 17.5 Å². The van der Waals surface area contributed by atoms with Gasteiger partial charge < -0.3 is 5.32 Å². The van der Waals surface area contributed by atoms with Crippen LogP contribution >= 0.6 is 31.9 Å². The molecular formula is C22H26Br2N2O3S. The fourth-order valence-electron chi connectivity index (χ4n) is 3.78. The summed E-state index contributed by atoms with van der Waals surface area (Å²) in [6.45, 7) is 1.72. The van der Waals surface area contributed by atoms with Crippen LogP contribution in [0, 0.1) is 0 Å². The molecule has 162 valence electrons. The first-order valence-electron chi connectivity index (χ1n) is 10.1. The van der Waals surface area contributed by atoms with Gasteiger partial charge in [0.15, 0.2) is 0 Å². The van der Waals surface area contributed by atoms with Crippen LogP contribution in [0.4, 0.5) is 0 Å². The van der Waals surface area contributed by atoms with Gasteiger partial charge in [0.1, 0.15) is 0 Å². The summed E-state index contributed by atoms with van der Waals surface area (Å²) in [6, 6.07) is 13.9. The van der Waals surface area contributed by atoms with Gasteiger partial charge >= 0.3 is 0 Å².